The van der Waals surface area contributed by atoms with Crippen LogP contribution < -0.4 is 0 Å². The lowest BCUT2D eigenvalue weighted by atomic mass is 9.89. The average Bonchev–Trinajstić information content (AvgIpc) is 3.12. The number of benzene rings is 1. The van der Waals surface area contributed by atoms with Crippen molar-refractivity contribution in [3.05, 3.63) is 48.0 Å². The van der Waals surface area contributed by atoms with E-state index in [1.165, 1.54) is 18.5 Å². The van der Waals surface area contributed by atoms with Crippen LogP contribution in [0.1, 0.15) is 28.8 Å². The molecule has 0 saturated carbocycles. The predicted octanol–water partition coefficient (Wildman–Crippen LogP) is 2.89. The van der Waals surface area contributed by atoms with Gasteiger partial charge in [-0.25, -0.2) is 4.98 Å². The fraction of sp³-hybridized carbons (Fsp3) is 0.471. The molecule has 2 aromatic rings. The van der Waals surface area contributed by atoms with Crippen molar-refractivity contribution in [3.8, 4) is 0 Å². The highest BCUT2D eigenvalue weighted by Crippen LogP contribution is 2.30. The molecule has 5 nitrogen and oxygen atoms in total. The lowest BCUT2D eigenvalue weighted by Gasteiger charge is -2.31. The summed E-state index contributed by atoms with van der Waals surface area (Å²) in [6, 6.07) is 4.50. The first kappa shape index (κ1) is 17.6. The van der Waals surface area contributed by atoms with E-state index >= 15 is 0 Å². The normalized spacial score (nSPS) is 19.1. The summed E-state index contributed by atoms with van der Waals surface area (Å²) in [6.07, 6.45) is 0.403. The maximum Gasteiger partial charge on any atom is 0.416 e. The van der Waals surface area contributed by atoms with Crippen LogP contribution >= 0.6 is 0 Å². The van der Waals surface area contributed by atoms with Crippen molar-refractivity contribution >= 4 is 5.78 Å². The molecule has 0 amide bonds. The van der Waals surface area contributed by atoms with Crippen LogP contribution in [-0.4, -0.2) is 45.1 Å². The van der Waals surface area contributed by atoms with Crippen LogP contribution in [0.4, 0.5) is 13.2 Å². The highest BCUT2D eigenvalue weighted by atomic mass is 19.4. The van der Waals surface area contributed by atoms with Crippen molar-refractivity contribution in [2.75, 3.05) is 19.6 Å². The highest BCUT2D eigenvalue weighted by Gasteiger charge is 2.31. The van der Waals surface area contributed by atoms with Gasteiger partial charge in [-0.05, 0) is 31.5 Å². The first-order chi connectivity index (χ1) is 11.9. The molecule has 2 heterocycles. The second-order valence-corrected chi connectivity index (χ2v) is 6.24. The van der Waals surface area contributed by atoms with Gasteiger partial charge in [0.25, 0.3) is 0 Å². The van der Waals surface area contributed by atoms with Gasteiger partial charge in [0.1, 0.15) is 12.7 Å². The van der Waals surface area contributed by atoms with Crippen LogP contribution in [0.2, 0.25) is 0 Å². The number of hydrogen-bond donors (Lipinski definition) is 0. The van der Waals surface area contributed by atoms with Crippen LogP contribution in [0.25, 0.3) is 0 Å². The summed E-state index contributed by atoms with van der Waals surface area (Å²) in [6.45, 7) is 2.99. The van der Waals surface area contributed by atoms with E-state index in [0.29, 0.717) is 18.7 Å². The molecule has 1 saturated heterocycles. The minimum atomic E-state index is -4.38. The zero-order valence-corrected chi connectivity index (χ0v) is 13.6. The van der Waals surface area contributed by atoms with Crippen molar-refractivity contribution in [3.63, 3.8) is 0 Å². The maximum atomic E-state index is 12.6. The van der Waals surface area contributed by atoms with Gasteiger partial charge < -0.3 is 4.90 Å². The van der Waals surface area contributed by atoms with Gasteiger partial charge in [0.2, 0.25) is 0 Å². The molecule has 25 heavy (non-hydrogen) atoms. The zero-order valence-electron chi connectivity index (χ0n) is 13.6. The smallest absolute Gasteiger partial charge is 0.301 e. The number of rotatable bonds is 5. The molecule has 0 N–H and O–H groups in total. The summed E-state index contributed by atoms with van der Waals surface area (Å²) in [4.78, 5) is 18.7. The zero-order chi connectivity index (χ0) is 17.9. The van der Waals surface area contributed by atoms with Gasteiger partial charge in [-0.2, -0.15) is 18.3 Å². The Bertz CT molecular complexity index is 698. The van der Waals surface area contributed by atoms with E-state index in [0.717, 1.165) is 38.1 Å². The number of carbonyl (C=O) groups excluding carboxylic acids is 1. The van der Waals surface area contributed by atoms with Gasteiger partial charge in [-0.1, -0.05) is 12.1 Å². The van der Waals surface area contributed by atoms with Gasteiger partial charge in [-0.3, -0.25) is 9.48 Å². The van der Waals surface area contributed by atoms with Crippen LogP contribution in [-0.2, 0) is 12.7 Å². The Labute approximate surface area is 143 Å². The summed E-state index contributed by atoms with van der Waals surface area (Å²) >= 11 is 0. The maximum absolute atomic E-state index is 12.6. The summed E-state index contributed by atoms with van der Waals surface area (Å²) in [5.41, 5.74) is -0.390. The Morgan fingerprint density at radius 2 is 1.96 bits per heavy atom. The largest absolute Gasteiger partial charge is 0.416 e. The molecule has 134 valence electrons. The highest BCUT2D eigenvalue weighted by molar-refractivity contribution is 5.98. The number of hydrogen-bond acceptors (Lipinski definition) is 4. The van der Waals surface area contributed by atoms with E-state index in [2.05, 4.69) is 15.0 Å². The third-order valence-corrected chi connectivity index (χ3v) is 4.48. The van der Waals surface area contributed by atoms with Gasteiger partial charge in [-0.15, -0.1) is 0 Å². The Hall–Kier alpha value is -2.22. The van der Waals surface area contributed by atoms with Crippen molar-refractivity contribution < 1.29 is 18.0 Å². The lowest BCUT2D eigenvalue weighted by Crippen LogP contribution is -2.40. The summed E-state index contributed by atoms with van der Waals surface area (Å²) < 4.78 is 39.6. The quantitative estimate of drug-likeness (QED) is 0.777. The molecule has 0 bridgehead atoms. The average molecular weight is 352 g/mol. The van der Waals surface area contributed by atoms with Gasteiger partial charge in [0.15, 0.2) is 5.78 Å². The Morgan fingerprint density at radius 1 is 1.20 bits per heavy atom. The number of ketones is 1. The lowest BCUT2D eigenvalue weighted by molar-refractivity contribution is -0.137. The van der Waals surface area contributed by atoms with E-state index in [9.17, 15) is 18.0 Å². The second-order valence-electron chi connectivity index (χ2n) is 6.24. The summed E-state index contributed by atoms with van der Waals surface area (Å²) in [5, 5.41) is 4.05. The second kappa shape index (κ2) is 7.35. The van der Waals surface area contributed by atoms with E-state index in [4.69, 9.17) is 0 Å². The van der Waals surface area contributed by atoms with E-state index in [1.807, 2.05) is 0 Å². The molecule has 1 aliphatic heterocycles. The van der Waals surface area contributed by atoms with Crippen LogP contribution in [0.5, 0.6) is 0 Å². The van der Waals surface area contributed by atoms with Gasteiger partial charge >= 0.3 is 6.18 Å². The standard InChI is InChI=1S/C17H19F3N4O/c18-17(19,20)15-5-3-13(4-6-15)16(25)14-2-1-7-23(10-14)8-9-24-12-21-11-22-24/h3-6,11-12,14H,1-2,7-10H2/t14-/m0/s1. The third-order valence-electron chi connectivity index (χ3n) is 4.48. The fourth-order valence-corrected chi connectivity index (χ4v) is 3.12. The van der Waals surface area contributed by atoms with Crippen LogP contribution in [0.15, 0.2) is 36.9 Å². The molecule has 1 atom stereocenters. The Kier molecular flexibility index (Phi) is 5.17. The Balaban J connectivity index is 1.59. The minimum absolute atomic E-state index is 0.0841. The molecule has 3 rings (SSSR count). The fourth-order valence-electron chi connectivity index (χ4n) is 3.12. The number of nitrogens with zero attached hydrogens (tertiary/aromatic N) is 4. The van der Waals surface area contributed by atoms with Gasteiger partial charge in [0, 0.05) is 24.6 Å². The topological polar surface area (TPSA) is 51.0 Å². The van der Waals surface area contributed by atoms with E-state index < -0.39 is 11.7 Å². The molecule has 1 fully saturated rings. The number of aromatic nitrogens is 3. The molecular weight excluding hydrogens is 333 g/mol. The molecule has 0 aliphatic carbocycles. The van der Waals surface area contributed by atoms with Crippen LogP contribution in [0, 0.1) is 5.92 Å². The first-order valence-corrected chi connectivity index (χ1v) is 8.20. The number of piperidine rings is 1. The molecule has 1 aliphatic rings. The first-order valence-electron chi connectivity index (χ1n) is 8.20. The van der Waals surface area contributed by atoms with Crippen molar-refractivity contribution in [1.29, 1.82) is 0 Å². The van der Waals surface area contributed by atoms with E-state index in [-0.39, 0.29) is 11.7 Å². The van der Waals surface area contributed by atoms with Crippen molar-refractivity contribution in [2.24, 2.45) is 5.92 Å². The van der Waals surface area contributed by atoms with Crippen molar-refractivity contribution in [1.82, 2.24) is 19.7 Å². The number of likely N-dealkylation sites (tertiary alicyclic amines) is 1. The molecule has 1 aromatic heterocycles. The van der Waals surface area contributed by atoms with E-state index in [1.54, 1.807) is 11.0 Å². The number of carbonyl (C=O) groups is 1. The number of Topliss-reactive ketones (excluding diaryl/α,β-unsaturated/α-hetero) is 1. The number of alkyl halides is 3. The third kappa shape index (κ3) is 4.45. The Morgan fingerprint density at radius 3 is 2.60 bits per heavy atom. The molecule has 1 aromatic carbocycles. The molecular formula is C17H19F3N4O. The summed E-state index contributed by atoms with van der Waals surface area (Å²) in [7, 11) is 0. The SMILES string of the molecule is O=C(c1ccc(C(F)(F)F)cc1)[C@H]1CCCN(CCn2cncn2)C1. The molecule has 0 radical (unpaired) electrons. The number of halogens is 3. The minimum Gasteiger partial charge on any atom is -0.301 e. The molecule has 0 spiro atoms. The molecule has 8 heteroatoms. The van der Waals surface area contributed by atoms with Crippen molar-refractivity contribution in [2.45, 2.75) is 25.6 Å². The summed E-state index contributed by atoms with van der Waals surface area (Å²) in [5.74, 6) is -0.264. The van der Waals surface area contributed by atoms with Gasteiger partial charge in [0.05, 0.1) is 12.1 Å². The molecule has 0 unspecified atom stereocenters. The predicted molar refractivity (Wildman–Crippen MR) is 85.0 cm³/mol. The van der Waals surface area contributed by atoms with Crippen LogP contribution in [0.3, 0.4) is 0 Å². The monoisotopic (exact) mass is 352 g/mol.